The minimum atomic E-state index is -0.403. The van der Waals surface area contributed by atoms with Crippen molar-refractivity contribution in [2.75, 3.05) is 24.3 Å². The zero-order chi connectivity index (χ0) is 13.8. The van der Waals surface area contributed by atoms with Crippen LogP contribution in [-0.2, 0) is 0 Å². The van der Waals surface area contributed by atoms with Crippen LogP contribution < -0.4 is 10.2 Å². The van der Waals surface area contributed by atoms with Crippen LogP contribution in [0.25, 0.3) is 0 Å². The van der Waals surface area contributed by atoms with Crippen molar-refractivity contribution in [3.8, 4) is 0 Å². The monoisotopic (exact) mass is 264 g/mol. The lowest BCUT2D eigenvalue weighted by Crippen LogP contribution is -2.22. The van der Waals surface area contributed by atoms with Gasteiger partial charge in [-0.3, -0.25) is 0 Å². The molecule has 0 aliphatic heterocycles. The maximum atomic E-state index is 13.5. The first-order chi connectivity index (χ1) is 9.08. The number of nitrogens with one attached hydrogen (secondary N) is 1. The van der Waals surface area contributed by atoms with Gasteiger partial charge in [0.15, 0.2) is 11.6 Å². The topological polar surface area (TPSA) is 41.1 Å². The van der Waals surface area contributed by atoms with Crippen LogP contribution in [0, 0.1) is 5.82 Å². The largest absolute Gasteiger partial charge is 0.360 e. The maximum Gasteiger partial charge on any atom is 0.225 e. The average Bonchev–Trinajstić information content (AvgIpc) is 2.41. The van der Waals surface area contributed by atoms with Gasteiger partial charge in [-0.1, -0.05) is 11.6 Å². The fourth-order valence-electron chi connectivity index (χ4n) is 2.28. The molecule has 1 N–H and O–H groups in total. The van der Waals surface area contributed by atoms with Gasteiger partial charge in [-0.25, -0.2) is 9.37 Å². The molecule has 0 saturated carbocycles. The van der Waals surface area contributed by atoms with Crippen molar-refractivity contribution in [1.82, 2.24) is 9.97 Å². The number of hydrogen-bond donors (Lipinski definition) is 1. The van der Waals surface area contributed by atoms with E-state index in [4.69, 9.17) is 0 Å². The second-order valence-electron chi connectivity index (χ2n) is 5.15. The maximum absolute atomic E-state index is 13.5. The predicted molar refractivity (Wildman–Crippen MR) is 76.0 cm³/mol. The van der Waals surface area contributed by atoms with Gasteiger partial charge in [-0.05, 0) is 32.6 Å². The molecule has 0 bridgehead atoms. The number of hydrogen-bond acceptors (Lipinski definition) is 4. The normalized spacial score (nSPS) is 16.7. The number of nitrogens with zero attached hydrogens (tertiary/aromatic N) is 3. The summed E-state index contributed by atoms with van der Waals surface area (Å²) < 4.78 is 13.5. The smallest absolute Gasteiger partial charge is 0.225 e. The predicted octanol–water partition coefficient (Wildman–Crippen LogP) is 2.98. The number of aromatic nitrogens is 2. The minimum absolute atomic E-state index is 0.195. The molecule has 0 spiro atoms. The summed E-state index contributed by atoms with van der Waals surface area (Å²) in [5, 5.41) is 3.25. The number of allylic oxidation sites excluding steroid dienone is 1. The zero-order valence-electron chi connectivity index (χ0n) is 11.8. The van der Waals surface area contributed by atoms with Crippen molar-refractivity contribution < 1.29 is 4.39 Å². The van der Waals surface area contributed by atoms with Crippen LogP contribution in [-0.4, -0.2) is 30.1 Å². The van der Waals surface area contributed by atoms with Crippen molar-refractivity contribution in [2.24, 2.45) is 0 Å². The van der Waals surface area contributed by atoms with E-state index in [9.17, 15) is 4.39 Å². The molecule has 0 fully saturated rings. The molecule has 1 aliphatic rings. The minimum Gasteiger partial charge on any atom is -0.360 e. The van der Waals surface area contributed by atoms with E-state index in [1.54, 1.807) is 19.0 Å². The van der Waals surface area contributed by atoms with Crippen LogP contribution in [0.15, 0.2) is 17.8 Å². The Hall–Kier alpha value is -1.65. The number of anilines is 2. The third-order valence-electron chi connectivity index (χ3n) is 3.38. The van der Waals surface area contributed by atoms with E-state index in [1.165, 1.54) is 24.6 Å². The molecule has 19 heavy (non-hydrogen) atoms. The van der Waals surface area contributed by atoms with Crippen molar-refractivity contribution in [3.05, 3.63) is 23.7 Å². The Morgan fingerprint density at radius 3 is 2.79 bits per heavy atom. The molecular formula is C14H21FN4. The van der Waals surface area contributed by atoms with Crippen LogP contribution in [0.1, 0.15) is 32.6 Å². The van der Waals surface area contributed by atoms with Gasteiger partial charge in [0.05, 0.1) is 6.20 Å². The lowest BCUT2D eigenvalue weighted by atomic mass is 9.95. The molecule has 2 rings (SSSR count). The summed E-state index contributed by atoms with van der Waals surface area (Å²) in [6.45, 7) is 2.10. The van der Waals surface area contributed by atoms with E-state index in [1.807, 2.05) is 0 Å². The van der Waals surface area contributed by atoms with Crippen molar-refractivity contribution in [2.45, 2.75) is 38.6 Å². The summed E-state index contributed by atoms with van der Waals surface area (Å²) in [7, 11) is 3.53. The van der Waals surface area contributed by atoms with E-state index < -0.39 is 5.82 Å². The van der Waals surface area contributed by atoms with Gasteiger partial charge < -0.3 is 10.2 Å². The van der Waals surface area contributed by atoms with Gasteiger partial charge in [0, 0.05) is 20.1 Å². The summed E-state index contributed by atoms with van der Waals surface area (Å²) in [6.07, 6.45) is 8.29. The summed E-state index contributed by atoms with van der Waals surface area (Å²) in [5.74, 6) is 0.381. The highest BCUT2D eigenvalue weighted by molar-refractivity contribution is 5.43. The molecule has 1 aromatic rings. The van der Waals surface area contributed by atoms with E-state index >= 15 is 0 Å². The third kappa shape index (κ3) is 3.43. The second-order valence-corrected chi connectivity index (χ2v) is 5.15. The van der Waals surface area contributed by atoms with Crippen LogP contribution in [0.5, 0.6) is 0 Å². The molecule has 104 valence electrons. The van der Waals surface area contributed by atoms with Gasteiger partial charge in [-0.15, -0.1) is 0 Å². The highest BCUT2D eigenvalue weighted by Crippen LogP contribution is 2.22. The highest BCUT2D eigenvalue weighted by Gasteiger charge is 2.14. The Kier molecular flexibility index (Phi) is 4.35. The molecule has 0 radical (unpaired) electrons. The van der Waals surface area contributed by atoms with Crippen LogP contribution in [0.4, 0.5) is 16.2 Å². The van der Waals surface area contributed by atoms with Crippen molar-refractivity contribution >= 4 is 11.8 Å². The van der Waals surface area contributed by atoms with E-state index in [-0.39, 0.29) is 6.04 Å². The molecular weight excluding hydrogens is 243 g/mol. The van der Waals surface area contributed by atoms with Crippen LogP contribution in [0.2, 0.25) is 0 Å². The molecule has 0 amide bonds. The van der Waals surface area contributed by atoms with E-state index in [2.05, 4.69) is 28.3 Å². The molecule has 0 aromatic carbocycles. The molecule has 1 aliphatic carbocycles. The molecule has 1 atom stereocenters. The molecule has 0 saturated heterocycles. The van der Waals surface area contributed by atoms with Crippen LogP contribution >= 0.6 is 0 Å². The average molecular weight is 264 g/mol. The van der Waals surface area contributed by atoms with E-state index in [0.29, 0.717) is 11.8 Å². The molecule has 4 nitrogen and oxygen atoms in total. The standard InChI is InChI=1S/C14H21FN4/c1-10(11-7-5-4-6-8-11)17-14-16-9-12(15)13(18-14)19(2)3/h7,9-10H,4-6,8H2,1-3H3,(H,16,17,18)/t10-/m1/s1. The summed E-state index contributed by atoms with van der Waals surface area (Å²) in [4.78, 5) is 9.86. The Bertz CT molecular complexity index is 471. The molecule has 5 heteroatoms. The van der Waals surface area contributed by atoms with Gasteiger partial charge in [-0.2, -0.15) is 4.98 Å². The van der Waals surface area contributed by atoms with Crippen LogP contribution in [0.3, 0.4) is 0 Å². The van der Waals surface area contributed by atoms with Gasteiger partial charge in [0.2, 0.25) is 5.95 Å². The lowest BCUT2D eigenvalue weighted by molar-refractivity contribution is 0.611. The first kappa shape index (κ1) is 13.8. The summed E-state index contributed by atoms with van der Waals surface area (Å²) in [6, 6.07) is 0.195. The van der Waals surface area contributed by atoms with Gasteiger partial charge >= 0.3 is 0 Å². The summed E-state index contributed by atoms with van der Waals surface area (Å²) >= 11 is 0. The molecule has 0 unspecified atom stereocenters. The lowest BCUT2D eigenvalue weighted by Gasteiger charge is -2.21. The number of rotatable bonds is 4. The van der Waals surface area contributed by atoms with Crippen molar-refractivity contribution in [1.29, 1.82) is 0 Å². The third-order valence-corrected chi connectivity index (χ3v) is 3.38. The SMILES string of the molecule is C[C@@H](Nc1ncc(F)c(N(C)C)n1)C1=CCCCC1. The Labute approximate surface area is 113 Å². The van der Waals surface area contributed by atoms with E-state index in [0.717, 1.165) is 12.8 Å². The first-order valence-corrected chi connectivity index (χ1v) is 6.73. The Balaban J connectivity index is 2.10. The zero-order valence-corrected chi connectivity index (χ0v) is 11.8. The molecule has 1 heterocycles. The number of halogens is 1. The Morgan fingerprint density at radius 2 is 2.16 bits per heavy atom. The van der Waals surface area contributed by atoms with Gasteiger partial charge in [0.1, 0.15) is 0 Å². The fraction of sp³-hybridized carbons (Fsp3) is 0.571. The first-order valence-electron chi connectivity index (χ1n) is 6.73. The van der Waals surface area contributed by atoms with Crippen molar-refractivity contribution in [3.63, 3.8) is 0 Å². The second kappa shape index (κ2) is 5.99. The fourth-order valence-corrected chi connectivity index (χ4v) is 2.28. The Morgan fingerprint density at radius 1 is 1.37 bits per heavy atom. The van der Waals surface area contributed by atoms with Gasteiger partial charge in [0.25, 0.3) is 0 Å². The quantitative estimate of drug-likeness (QED) is 0.849. The summed E-state index contributed by atoms with van der Waals surface area (Å²) in [5.41, 5.74) is 1.39. The molecule has 1 aromatic heterocycles. The highest BCUT2D eigenvalue weighted by atomic mass is 19.1.